The summed E-state index contributed by atoms with van der Waals surface area (Å²) in [6.07, 6.45) is 0. The van der Waals surface area contributed by atoms with Gasteiger partial charge in [0.05, 0.1) is 0 Å². The molecule has 0 saturated carbocycles. The van der Waals surface area contributed by atoms with Crippen molar-refractivity contribution in [2.45, 2.75) is 19.1 Å². The fourth-order valence-electron chi connectivity index (χ4n) is 2.49. The number of benzene rings is 1. The van der Waals surface area contributed by atoms with Crippen molar-refractivity contribution < 1.29 is 0 Å². The lowest BCUT2D eigenvalue weighted by Gasteiger charge is -2.18. The summed E-state index contributed by atoms with van der Waals surface area (Å²) in [5.74, 6) is 0. The predicted molar refractivity (Wildman–Crippen MR) is 67.1 cm³/mol. The molecule has 1 aliphatic heterocycles. The van der Waals surface area contributed by atoms with E-state index in [4.69, 9.17) is 5.73 Å². The first kappa shape index (κ1) is 11.6. The van der Waals surface area contributed by atoms with Gasteiger partial charge in [0.25, 0.3) is 0 Å². The Labute approximate surface area is 97.8 Å². The molecule has 3 heteroatoms. The second kappa shape index (κ2) is 4.53. The van der Waals surface area contributed by atoms with Crippen molar-refractivity contribution in [3.05, 3.63) is 34.9 Å². The second-order valence-corrected chi connectivity index (χ2v) is 4.94. The first-order valence-electron chi connectivity index (χ1n) is 5.78. The van der Waals surface area contributed by atoms with Crippen LogP contribution >= 0.6 is 0 Å². The SMILES string of the molecule is CN(C)Cc1ccc2c(c1)C(CN)N(C)C2. The van der Waals surface area contributed by atoms with Crippen LogP contribution in [-0.2, 0) is 13.1 Å². The molecule has 1 heterocycles. The average molecular weight is 219 g/mol. The van der Waals surface area contributed by atoms with E-state index >= 15 is 0 Å². The third kappa shape index (κ3) is 2.12. The maximum atomic E-state index is 5.84. The van der Waals surface area contributed by atoms with Gasteiger partial charge in [-0.3, -0.25) is 4.90 Å². The molecule has 1 atom stereocenters. The van der Waals surface area contributed by atoms with Crippen LogP contribution < -0.4 is 5.73 Å². The zero-order valence-electron chi connectivity index (χ0n) is 10.4. The van der Waals surface area contributed by atoms with E-state index in [-0.39, 0.29) is 0 Å². The number of fused-ring (bicyclic) bond motifs is 1. The minimum Gasteiger partial charge on any atom is -0.329 e. The van der Waals surface area contributed by atoms with Crippen molar-refractivity contribution in [1.29, 1.82) is 0 Å². The zero-order valence-corrected chi connectivity index (χ0v) is 10.4. The van der Waals surface area contributed by atoms with Gasteiger partial charge in [-0.1, -0.05) is 18.2 Å². The molecule has 1 aliphatic rings. The number of nitrogens with two attached hydrogens (primary N) is 1. The van der Waals surface area contributed by atoms with E-state index in [1.165, 1.54) is 16.7 Å². The molecule has 0 aliphatic carbocycles. The van der Waals surface area contributed by atoms with Gasteiger partial charge < -0.3 is 10.6 Å². The zero-order chi connectivity index (χ0) is 11.7. The van der Waals surface area contributed by atoms with Gasteiger partial charge in [-0.15, -0.1) is 0 Å². The molecule has 0 fully saturated rings. The molecule has 2 rings (SSSR count). The fourth-order valence-corrected chi connectivity index (χ4v) is 2.49. The molecule has 0 bridgehead atoms. The molecule has 2 N–H and O–H groups in total. The highest BCUT2D eigenvalue weighted by Gasteiger charge is 2.26. The van der Waals surface area contributed by atoms with Gasteiger partial charge in [-0.05, 0) is 37.8 Å². The highest BCUT2D eigenvalue weighted by Crippen LogP contribution is 2.32. The lowest BCUT2D eigenvalue weighted by atomic mass is 10.0. The van der Waals surface area contributed by atoms with Crippen molar-refractivity contribution in [1.82, 2.24) is 9.80 Å². The molecule has 0 aromatic heterocycles. The summed E-state index contributed by atoms with van der Waals surface area (Å²) in [5, 5.41) is 0. The Kier molecular flexibility index (Phi) is 3.28. The quantitative estimate of drug-likeness (QED) is 0.829. The summed E-state index contributed by atoms with van der Waals surface area (Å²) >= 11 is 0. The van der Waals surface area contributed by atoms with E-state index in [1.54, 1.807) is 0 Å². The number of hydrogen-bond acceptors (Lipinski definition) is 3. The smallest absolute Gasteiger partial charge is 0.0474 e. The summed E-state index contributed by atoms with van der Waals surface area (Å²) in [6.45, 7) is 2.72. The normalized spacial score (nSPS) is 20.4. The largest absolute Gasteiger partial charge is 0.329 e. The summed E-state index contributed by atoms with van der Waals surface area (Å²) in [4.78, 5) is 4.52. The summed E-state index contributed by atoms with van der Waals surface area (Å²) in [6, 6.07) is 7.19. The van der Waals surface area contributed by atoms with E-state index in [1.807, 2.05) is 0 Å². The standard InChI is InChI=1S/C13H21N3/c1-15(2)8-10-4-5-11-9-16(3)13(7-14)12(11)6-10/h4-6,13H,7-9,14H2,1-3H3. The van der Waals surface area contributed by atoms with Crippen LogP contribution in [0.4, 0.5) is 0 Å². The molecule has 16 heavy (non-hydrogen) atoms. The Morgan fingerprint density at radius 1 is 1.44 bits per heavy atom. The maximum Gasteiger partial charge on any atom is 0.0474 e. The molecule has 0 spiro atoms. The summed E-state index contributed by atoms with van der Waals surface area (Å²) in [7, 11) is 6.34. The van der Waals surface area contributed by atoms with Crippen LogP contribution in [0.15, 0.2) is 18.2 Å². The van der Waals surface area contributed by atoms with Crippen LogP contribution in [0.25, 0.3) is 0 Å². The number of likely N-dealkylation sites (N-methyl/N-ethyl adjacent to an activating group) is 1. The minimum atomic E-state index is 0.400. The molecule has 0 saturated heterocycles. The third-order valence-corrected chi connectivity index (χ3v) is 3.24. The Morgan fingerprint density at radius 2 is 2.19 bits per heavy atom. The highest BCUT2D eigenvalue weighted by molar-refractivity contribution is 5.37. The van der Waals surface area contributed by atoms with Crippen molar-refractivity contribution in [2.75, 3.05) is 27.7 Å². The van der Waals surface area contributed by atoms with Gasteiger partial charge in [0.1, 0.15) is 0 Å². The first-order valence-corrected chi connectivity index (χ1v) is 5.78. The van der Waals surface area contributed by atoms with E-state index < -0.39 is 0 Å². The lowest BCUT2D eigenvalue weighted by Crippen LogP contribution is -2.24. The fraction of sp³-hybridized carbons (Fsp3) is 0.538. The topological polar surface area (TPSA) is 32.5 Å². The minimum absolute atomic E-state index is 0.400. The number of nitrogens with zero attached hydrogens (tertiary/aromatic N) is 2. The monoisotopic (exact) mass is 219 g/mol. The van der Waals surface area contributed by atoms with E-state index in [2.05, 4.69) is 49.1 Å². The van der Waals surface area contributed by atoms with Crippen LogP contribution in [0, 0.1) is 0 Å². The molecular formula is C13H21N3. The Morgan fingerprint density at radius 3 is 2.81 bits per heavy atom. The van der Waals surface area contributed by atoms with Gasteiger partial charge in [0.2, 0.25) is 0 Å². The van der Waals surface area contributed by atoms with Gasteiger partial charge >= 0.3 is 0 Å². The predicted octanol–water partition coefficient (Wildman–Crippen LogP) is 1.19. The second-order valence-electron chi connectivity index (χ2n) is 4.94. The molecule has 3 nitrogen and oxygen atoms in total. The molecule has 1 unspecified atom stereocenters. The van der Waals surface area contributed by atoms with Gasteiger partial charge in [-0.25, -0.2) is 0 Å². The maximum absolute atomic E-state index is 5.84. The summed E-state index contributed by atoms with van der Waals surface area (Å²) in [5.41, 5.74) is 10.1. The Balaban J connectivity index is 2.28. The van der Waals surface area contributed by atoms with E-state index in [9.17, 15) is 0 Å². The van der Waals surface area contributed by atoms with Gasteiger partial charge in [0, 0.05) is 25.7 Å². The van der Waals surface area contributed by atoms with Crippen molar-refractivity contribution in [3.8, 4) is 0 Å². The van der Waals surface area contributed by atoms with Crippen molar-refractivity contribution in [3.63, 3.8) is 0 Å². The van der Waals surface area contributed by atoms with E-state index in [0.717, 1.165) is 13.1 Å². The van der Waals surface area contributed by atoms with Gasteiger partial charge in [-0.2, -0.15) is 0 Å². The number of rotatable bonds is 3. The lowest BCUT2D eigenvalue weighted by molar-refractivity contribution is 0.274. The molecule has 1 aromatic carbocycles. The molecular weight excluding hydrogens is 198 g/mol. The van der Waals surface area contributed by atoms with Gasteiger partial charge in [0.15, 0.2) is 0 Å². The van der Waals surface area contributed by atoms with Crippen LogP contribution in [0.5, 0.6) is 0 Å². The molecule has 0 radical (unpaired) electrons. The van der Waals surface area contributed by atoms with Crippen LogP contribution in [0.3, 0.4) is 0 Å². The van der Waals surface area contributed by atoms with Crippen LogP contribution in [-0.4, -0.2) is 37.5 Å². The highest BCUT2D eigenvalue weighted by atomic mass is 15.2. The van der Waals surface area contributed by atoms with Crippen molar-refractivity contribution >= 4 is 0 Å². The van der Waals surface area contributed by atoms with Crippen LogP contribution in [0.2, 0.25) is 0 Å². The summed E-state index contributed by atoms with van der Waals surface area (Å²) < 4.78 is 0. The van der Waals surface area contributed by atoms with Crippen LogP contribution in [0.1, 0.15) is 22.7 Å². The molecule has 88 valence electrons. The Hall–Kier alpha value is -0.900. The average Bonchev–Trinajstić information content (AvgIpc) is 2.52. The number of hydrogen-bond donors (Lipinski definition) is 1. The third-order valence-electron chi connectivity index (χ3n) is 3.24. The first-order chi connectivity index (χ1) is 7.61. The van der Waals surface area contributed by atoms with Crippen molar-refractivity contribution in [2.24, 2.45) is 5.73 Å². The molecule has 1 aromatic rings. The molecule has 0 amide bonds. The Bertz CT molecular complexity index is 373. The van der Waals surface area contributed by atoms with E-state index in [0.29, 0.717) is 12.6 Å².